The van der Waals surface area contributed by atoms with Gasteiger partial charge in [-0.1, -0.05) is 17.7 Å². The van der Waals surface area contributed by atoms with Crippen LogP contribution in [0, 0.1) is 0 Å². The Balaban J connectivity index is 1.50. The van der Waals surface area contributed by atoms with Gasteiger partial charge in [0.15, 0.2) is 0 Å². The molecule has 1 saturated heterocycles. The molecule has 0 atom stereocenters. The van der Waals surface area contributed by atoms with Gasteiger partial charge >= 0.3 is 5.76 Å². The van der Waals surface area contributed by atoms with Gasteiger partial charge in [-0.25, -0.2) is 8.42 Å². The van der Waals surface area contributed by atoms with Crippen LogP contribution in [-0.4, -0.2) is 57.7 Å². The number of alkyl halides is 2. The van der Waals surface area contributed by atoms with E-state index in [4.69, 9.17) is 11.6 Å². The highest BCUT2D eigenvalue weighted by atomic mass is 35.5. The van der Waals surface area contributed by atoms with Crippen LogP contribution in [0.3, 0.4) is 0 Å². The monoisotopic (exact) mass is 443 g/mol. The zero-order chi connectivity index (χ0) is 21.0. The SMILES string of the molecule is O=C(CN1CCN(c2cccc(Cl)c2)CC1)Nc1ccc(S(=O)(=O)C(F)F)cc1. The Morgan fingerprint density at radius 3 is 2.31 bits per heavy atom. The Bertz CT molecular complexity index is 963. The van der Waals surface area contributed by atoms with Gasteiger partial charge in [0.2, 0.25) is 15.7 Å². The maximum atomic E-state index is 12.6. The average molecular weight is 444 g/mol. The number of hydrogen-bond acceptors (Lipinski definition) is 5. The van der Waals surface area contributed by atoms with E-state index < -0.39 is 20.5 Å². The molecule has 6 nitrogen and oxygen atoms in total. The minimum Gasteiger partial charge on any atom is -0.369 e. The molecule has 10 heteroatoms. The summed E-state index contributed by atoms with van der Waals surface area (Å²) in [5, 5.41) is 3.33. The first-order valence-corrected chi connectivity index (χ1v) is 10.8. The molecule has 2 aromatic carbocycles. The fourth-order valence-corrected chi connectivity index (χ4v) is 3.98. The van der Waals surface area contributed by atoms with Crippen molar-refractivity contribution >= 4 is 38.7 Å². The zero-order valence-electron chi connectivity index (χ0n) is 15.4. The molecular weight excluding hydrogens is 424 g/mol. The number of benzene rings is 2. The molecule has 0 saturated carbocycles. The third-order valence-electron chi connectivity index (χ3n) is 4.61. The van der Waals surface area contributed by atoms with Gasteiger partial charge in [-0.15, -0.1) is 0 Å². The Kier molecular flexibility index (Phi) is 6.71. The van der Waals surface area contributed by atoms with E-state index in [1.165, 1.54) is 12.1 Å². The molecular formula is C19H20ClF2N3O3S. The predicted molar refractivity (Wildman–Crippen MR) is 108 cm³/mol. The number of amides is 1. The molecule has 0 aromatic heterocycles. The molecule has 1 aliphatic heterocycles. The van der Waals surface area contributed by atoms with Crippen LogP contribution in [0.4, 0.5) is 20.2 Å². The van der Waals surface area contributed by atoms with E-state index in [1.807, 2.05) is 29.2 Å². The number of sulfone groups is 1. The van der Waals surface area contributed by atoms with E-state index in [0.29, 0.717) is 23.8 Å². The number of carbonyl (C=O) groups excluding carboxylic acids is 1. The van der Waals surface area contributed by atoms with E-state index in [1.54, 1.807) is 0 Å². The van der Waals surface area contributed by atoms with Gasteiger partial charge in [-0.05, 0) is 42.5 Å². The molecule has 3 rings (SSSR count). The maximum absolute atomic E-state index is 12.6. The molecule has 1 heterocycles. The van der Waals surface area contributed by atoms with Crippen LogP contribution in [0.1, 0.15) is 0 Å². The topological polar surface area (TPSA) is 69.7 Å². The minimum absolute atomic E-state index is 0.181. The van der Waals surface area contributed by atoms with Crippen molar-refractivity contribution in [2.24, 2.45) is 0 Å². The van der Waals surface area contributed by atoms with Crippen LogP contribution in [-0.2, 0) is 14.6 Å². The van der Waals surface area contributed by atoms with Gasteiger partial charge in [0, 0.05) is 42.6 Å². The molecule has 0 aliphatic carbocycles. The second kappa shape index (κ2) is 9.06. The predicted octanol–water partition coefficient (Wildman–Crippen LogP) is 3.10. The molecule has 156 valence electrons. The van der Waals surface area contributed by atoms with E-state index in [0.717, 1.165) is 30.9 Å². The zero-order valence-corrected chi connectivity index (χ0v) is 17.0. The molecule has 29 heavy (non-hydrogen) atoms. The van der Waals surface area contributed by atoms with E-state index >= 15 is 0 Å². The average Bonchev–Trinajstić information content (AvgIpc) is 2.69. The van der Waals surface area contributed by atoms with E-state index in [9.17, 15) is 22.0 Å². The summed E-state index contributed by atoms with van der Waals surface area (Å²) in [6.45, 7) is 3.10. The number of nitrogens with one attached hydrogen (secondary N) is 1. The largest absolute Gasteiger partial charge is 0.369 e. The lowest BCUT2D eigenvalue weighted by molar-refractivity contribution is -0.117. The summed E-state index contributed by atoms with van der Waals surface area (Å²) < 4.78 is 47.9. The Hall–Kier alpha value is -2.23. The van der Waals surface area contributed by atoms with Crippen molar-refractivity contribution < 1.29 is 22.0 Å². The number of halogens is 3. The summed E-state index contributed by atoms with van der Waals surface area (Å²) >= 11 is 6.03. The van der Waals surface area contributed by atoms with Crippen molar-refractivity contribution in [3.63, 3.8) is 0 Å². The molecule has 1 aliphatic rings. The number of rotatable bonds is 6. The lowest BCUT2D eigenvalue weighted by Crippen LogP contribution is -2.48. The molecule has 0 spiro atoms. The fraction of sp³-hybridized carbons (Fsp3) is 0.316. The molecule has 1 fully saturated rings. The van der Waals surface area contributed by atoms with Crippen molar-refractivity contribution in [3.05, 3.63) is 53.6 Å². The summed E-state index contributed by atoms with van der Waals surface area (Å²) in [6.07, 6.45) is 0. The quantitative estimate of drug-likeness (QED) is 0.743. The maximum Gasteiger partial charge on any atom is 0.341 e. The molecule has 0 bridgehead atoms. The lowest BCUT2D eigenvalue weighted by Gasteiger charge is -2.35. The van der Waals surface area contributed by atoms with Gasteiger partial charge in [-0.3, -0.25) is 9.69 Å². The highest BCUT2D eigenvalue weighted by Crippen LogP contribution is 2.22. The van der Waals surface area contributed by atoms with Gasteiger partial charge in [0.1, 0.15) is 0 Å². The molecule has 0 unspecified atom stereocenters. The first-order valence-electron chi connectivity index (χ1n) is 8.90. The third kappa shape index (κ3) is 5.43. The number of nitrogens with zero attached hydrogens (tertiary/aromatic N) is 2. The minimum atomic E-state index is -4.64. The number of piperazine rings is 1. The van der Waals surface area contributed by atoms with Crippen molar-refractivity contribution in [2.75, 3.05) is 42.9 Å². The van der Waals surface area contributed by atoms with Crippen LogP contribution in [0.2, 0.25) is 5.02 Å². The van der Waals surface area contributed by atoms with Gasteiger partial charge < -0.3 is 10.2 Å². The normalized spacial score (nSPS) is 15.5. The molecule has 1 amide bonds. The highest BCUT2D eigenvalue weighted by molar-refractivity contribution is 7.91. The van der Waals surface area contributed by atoms with E-state index in [2.05, 4.69) is 10.2 Å². The van der Waals surface area contributed by atoms with Crippen LogP contribution in [0.5, 0.6) is 0 Å². The fourth-order valence-electron chi connectivity index (χ4n) is 3.07. The smallest absolute Gasteiger partial charge is 0.341 e. The number of anilines is 2. The summed E-state index contributed by atoms with van der Waals surface area (Å²) in [7, 11) is -4.64. The first-order chi connectivity index (χ1) is 13.8. The second-order valence-electron chi connectivity index (χ2n) is 6.62. The lowest BCUT2D eigenvalue weighted by atomic mass is 10.2. The Morgan fingerprint density at radius 1 is 1.07 bits per heavy atom. The van der Waals surface area contributed by atoms with Gasteiger partial charge in [0.25, 0.3) is 0 Å². The summed E-state index contributed by atoms with van der Waals surface area (Å²) in [5.74, 6) is -3.74. The second-order valence-corrected chi connectivity index (χ2v) is 8.98. The van der Waals surface area contributed by atoms with Crippen molar-refractivity contribution in [3.8, 4) is 0 Å². The highest BCUT2D eigenvalue weighted by Gasteiger charge is 2.26. The van der Waals surface area contributed by atoms with Crippen LogP contribution in [0.25, 0.3) is 0 Å². The van der Waals surface area contributed by atoms with Gasteiger partial charge in [0.05, 0.1) is 11.4 Å². The Labute approximate surface area is 173 Å². The summed E-state index contributed by atoms with van der Waals surface area (Å²) in [5.41, 5.74) is 1.39. The van der Waals surface area contributed by atoms with Crippen LogP contribution >= 0.6 is 11.6 Å². The molecule has 1 N–H and O–H groups in total. The third-order valence-corrected chi connectivity index (χ3v) is 6.25. The molecule has 2 aromatic rings. The van der Waals surface area contributed by atoms with Crippen LogP contribution in [0.15, 0.2) is 53.4 Å². The summed E-state index contributed by atoms with van der Waals surface area (Å²) in [4.78, 5) is 16.0. The van der Waals surface area contributed by atoms with Crippen LogP contribution < -0.4 is 10.2 Å². The standard InChI is InChI=1S/C19H20ClF2N3O3S/c20-14-2-1-3-16(12-14)25-10-8-24(9-11-25)13-18(26)23-15-4-6-17(7-5-15)29(27,28)19(21)22/h1-7,12,19H,8-11,13H2,(H,23,26). The van der Waals surface area contributed by atoms with Gasteiger partial charge in [-0.2, -0.15) is 8.78 Å². The number of carbonyl (C=O) groups is 1. The first kappa shape index (κ1) is 21.5. The van der Waals surface area contributed by atoms with Crippen molar-refractivity contribution in [1.29, 1.82) is 0 Å². The summed E-state index contributed by atoms with van der Waals surface area (Å²) in [6, 6.07) is 12.3. The number of hydrogen-bond donors (Lipinski definition) is 1. The molecule has 0 radical (unpaired) electrons. The van der Waals surface area contributed by atoms with Crippen molar-refractivity contribution in [2.45, 2.75) is 10.7 Å². The van der Waals surface area contributed by atoms with Crippen molar-refractivity contribution in [1.82, 2.24) is 4.90 Å². The van der Waals surface area contributed by atoms with E-state index in [-0.39, 0.29) is 12.5 Å². The Morgan fingerprint density at radius 2 is 1.72 bits per heavy atom.